The molecule has 27 heavy (non-hydrogen) atoms. The molecule has 2 rings (SSSR count). The lowest BCUT2D eigenvalue weighted by Gasteiger charge is -2.14. The second kappa shape index (κ2) is 10.1. The molecule has 0 atom stereocenters. The highest BCUT2D eigenvalue weighted by Crippen LogP contribution is 2.31. The van der Waals surface area contributed by atoms with Crippen molar-refractivity contribution in [3.8, 4) is 23.0 Å². The van der Waals surface area contributed by atoms with Crippen LogP contribution in [0.3, 0.4) is 0 Å². The van der Waals surface area contributed by atoms with E-state index in [0.29, 0.717) is 17.2 Å². The molecular formula is C20H24N2O5. The number of amides is 1. The van der Waals surface area contributed by atoms with Crippen molar-refractivity contribution < 1.29 is 23.7 Å². The zero-order valence-corrected chi connectivity index (χ0v) is 15.9. The van der Waals surface area contributed by atoms with Gasteiger partial charge in [0.2, 0.25) is 0 Å². The summed E-state index contributed by atoms with van der Waals surface area (Å²) in [5, 5.41) is 3.98. The maximum atomic E-state index is 11.9. The minimum absolute atomic E-state index is 0.183. The highest BCUT2D eigenvalue weighted by atomic mass is 16.5. The Hall–Kier alpha value is -3.22. The normalized spacial score (nSPS) is 10.5. The fraction of sp³-hybridized carbons (Fsp3) is 0.300. The maximum Gasteiger partial charge on any atom is 0.277 e. The number of hydrogen-bond donors (Lipinski definition) is 1. The summed E-state index contributed by atoms with van der Waals surface area (Å²) in [6.45, 7) is 1.83. The van der Waals surface area contributed by atoms with Crippen molar-refractivity contribution in [2.45, 2.75) is 13.3 Å². The number of methoxy groups -OCH3 is 3. The van der Waals surface area contributed by atoms with Gasteiger partial charge in [-0.15, -0.1) is 0 Å². The Morgan fingerprint density at radius 1 is 1.00 bits per heavy atom. The molecule has 144 valence electrons. The zero-order chi connectivity index (χ0) is 19.6. The lowest BCUT2D eigenvalue weighted by atomic mass is 10.1. The molecule has 0 aliphatic carbocycles. The van der Waals surface area contributed by atoms with Crippen LogP contribution in [0.25, 0.3) is 0 Å². The second-order valence-electron chi connectivity index (χ2n) is 5.46. The number of rotatable bonds is 9. The number of nitrogens with one attached hydrogen (secondary N) is 1. The molecule has 0 aliphatic rings. The van der Waals surface area contributed by atoms with E-state index in [2.05, 4.69) is 10.5 Å². The van der Waals surface area contributed by atoms with Gasteiger partial charge < -0.3 is 18.9 Å². The van der Waals surface area contributed by atoms with Crippen LogP contribution in [0.4, 0.5) is 0 Å². The summed E-state index contributed by atoms with van der Waals surface area (Å²) in [6, 6.07) is 10.8. The van der Waals surface area contributed by atoms with E-state index < -0.39 is 0 Å². The highest BCUT2D eigenvalue weighted by Gasteiger charge is 2.12. The van der Waals surface area contributed by atoms with E-state index >= 15 is 0 Å². The number of carbonyl (C=O) groups is 1. The molecule has 0 radical (unpaired) electrons. The molecule has 0 saturated carbocycles. The van der Waals surface area contributed by atoms with Crippen LogP contribution in [0.2, 0.25) is 0 Å². The van der Waals surface area contributed by atoms with Gasteiger partial charge in [-0.3, -0.25) is 4.79 Å². The van der Waals surface area contributed by atoms with Crippen LogP contribution < -0.4 is 24.4 Å². The second-order valence-corrected chi connectivity index (χ2v) is 5.46. The van der Waals surface area contributed by atoms with E-state index in [1.54, 1.807) is 39.5 Å². The van der Waals surface area contributed by atoms with Crippen LogP contribution in [0.1, 0.15) is 18.1 Å². The van der Waals surface area contributed by atoms with Gasteiger partial charge in [-0.1, -0.05) is 19.1 Å². The Morgan fingerprint density at radius 3 is 2.33 bits per heavy atom. The first-order valence-electron chi connectivity index (χ1n) is 8.46. The Labute approximate surface area is 158 Å². The molecule has 0 unspecified atom stereocenters. The third-order valence-electron chi connectivity index (χ3n) is 3.85. The van der Waals surface area contributed by atoms with Crippen molar-refractivity contribution in [3.05, 3.63) is 47.5 Å². The highest BCUT2D eigenvalue weighted by molar-refractivity contribution is 5.86. The van der Waals surface area contributed by atoms with Gasteiger partial charge in [0.1, 0.15) is 11.5 Å². The minimum atomic E-state index is -0.389. The SMILES string of the molecule is CCc1c(OC)ccc(C=NNC(=O)COc2ccccc2OC)c1OC. The van der Waals surface area contributed by atoms with Crippen LogP contribution in [-0.4, -0.2) is 40.1 Å². The number of hydrazone groups is 1. The standard InChI is InChI=1S/C20H24N2O5/c1-5-15-16(24-2)11-10-14(20(15)26-4)12-21-22-19(23)13-27-18-9-7-6-8-17(18)25-3/h6-12H,5,13H2,1-4H3,(H,22,23). The monoisotopic (exact) mass is 372 g/mol. The largest absolute Gasteiger partial charge is 0.496 e. The fourth-order valence-corrected chi connectivity index (χ4v) is 2.58. The van der Waals surface area contributed by atoms with E-state index in [9.17, 15) is 4.79 Å². The van der Waals surface area contributed by atoms with Crippen LogP contribution >= 0.6 is 0 Å². The molecule has 0 bridgehead atoms. The Morgan fingerprint density at radius 2 is 1.70 bits per heavy atom. The molecule has 0 aliphatic heterocycles. The number of carbonyl (C=O) groups excluding carboxylic acids is 1. The summed E-state index contributed by atoms with van der Waals surface area (Å²) in [6.07, 6.45) is 2.27. The Balaban J connectivity index is 1.99. The quantitative estimate of drug-likeness (QED) is 0.541. The molecule has 7 heteroatoms. The number of ether oxygens (including phenoxy) is 4. The van der Waals surface area contributed by atoms with Gasteiger partial charge >= 0.3 is 0 Å². The number of nitrogens with zero attached hydrogens (tertiary/aromatic N) is 1. The molecular weight excluding hydrogens is 348 g/mol. The van der Waals surface area contributed by atoms with Crippen molar-refractivity contribution in [3.63, 3.8) is 0 Å². The average Bonchev–Trinajstić information content (AvgIpc) is 2.71. The summed E-state index contributed by atoms with van der Waals surface area (Å²) in [5.41, 5.74) is 4.11. The number of para-hydroxylation sites is 2. The first-order valence-corrected chi connectivity index (χ1v) is 8.46. The molecule has 0 fully saturated rings. The van der Waals surface area contributed by atoms with Gasteiger partial charge in [-0.05, 0) is 30.7 Å². The van der Waals surface area contributed by atoms with E-state index in [1.807, 2.05) is 25.1 Å². The molecule has 0 heterocycles. The molecule has 0 aromatic heterocycles. The van der Waals surface area contributed by atoms with Crippen molar-refractivity contribution in [1.29, 1.82) is 0 Å². The van der Waals surface area contributed by atoms with E-state index in [4.69, 9.17) is 18.9 Å². The third kappa shape index (κ3) is 5.13. The molecule has 7 nitrogen and oxygen atoms in total. The molecule has 1 N–H and O–H groups in total. The number of benzene rings is 2. The predicted octanol–water partition coefficient (Wildman–Crippen LogP) is 2.80. The molecule has 2 aromatic rings. The van der Waals surface area contributed by atoms with Gasteiger partial charge in [0.05, 0.1) is 27.5 Å². The van der Waals surface area contributed by atoms with Crippen LogP contribution in [0.5, 0.6) is 23.0 Å². The zero-order valence-electron chi connectivity index (χ0n) is 15.9. The van der Waals surface area contributed by atoms with Gasteiger partial charge in [0, 0.05) is 11.1 Å². The van der Waals surface area contributed by atoms with Crippen molar-refractivity contribution in [2.24, 2.45) is 5.10 Å². The van der Waals surface area contributed by atoms with E-state index in [1.165, 1.54) is 6.21 Å². The first-order chi connectivity index (χ1) is 13.1. The fourth-order valence-electron chi connectivity index (χ4n) is 2.58. The maximum absolute atomic E-state index is 11.9. The predicted molar refractivity (Wildman–Crippen MR) is 103 cm³/mol. The Bertz CT molecular complexity index is 805. The first kappa shape index (κ1) is 20.1. The summed E-state index contributed by atoms with van der Waals surface area (Å²) < 4.78 is 21.4. The van der Waals surface area contributed by atoms with Crippen molar-refractivity contribution in [1.82, 2.24) is 5.43 Å². The molecule has 0 spiro atoms. The van der Waals surface area contributed by atoms with Gasteiger partial charge in [-0.2, -0.15) is 5.10 Å². The molecule has 0 saturated heterocycles. The topological polar surface area (TPSA) is 78.4 Å². The lowest BCUT2D eigenvalue weighted by molar-refractivity contribution is -0.123. The molecule has 1 amide bonds. The van der Waals surface area contributed by atoms with Crippen LogP contribution in [-0.2, 0) is 11.2 Å². The van der Waals surface area contributed by atoms with Crippen molar-refractivity contribution >= 4 is 12.1 Å². The van der Waals surface area contributed by atoms with Gasteiger partial charge in [-0.25, -0.2) is 5.43 Å². The summed E-state index contributed by atoms with van der Waals surface area (Å²) >= 11 is 0. The Kier molecular flexibility index (Phi) is 7.49. The van der Waals surface area contributed by atoms with Crippen molar-refractivity contribution in [2.75, 3.05) is 27.9 Å². The van der Waals surface area contributed by atoms with E-state index in [0.717, 1.165) is 23.3 Å². The third-order valence-corrected chi connectivity index (χ3v) is 3.85. The lowest BCUT2D eigenvalue weighted by Crippen LogP contribution is -2.24. The van der Waals surface area contributed by atoms with Crippen LogP contribution in [0.15, 0.2) is 41.5 Å². The van der Waals surface area contributed by atoms with Crippen LogP contribution in [0, 0.1) is 0 Å². The average molecular weight is 372 g/mol. The number of hydrogen-bond acceptors (Lipinski definition) is 6. The summed E-state index contributed by atoms with van der Waals surface area (Å²) in [5.74, 6) is 2.08. The molecule has 2 aromatic carbocycles. The smallest absolute Gasteiger partial charge is 0.277 e. The van der Waals surface area contributed by atoms with E-state index in [-0.39, 0.29) is 12.5 Å². The summed E-state index contributed by atoms with van der Waals surface area (Å²) in [7, 11) is 4.74. The summed E-state index contributed by atoms with van der Waals surface area (Å²) in [4.78, 5) is 11.9. The van der Waals surface area contributed by atoms with Gasteiger partial charge in [0.25, 0.3) is 5.91 Å². The van der Waals surface area contributed by atoms with Gasteiger partial charge in [0.15, 0.2) is 18.1 Å². The minimum Gasteiger partial charge on any atom is -0.496 e.